The van der Waals surface area contributed by atoms with Gasteiger partial charge in [-0.15, -0.1) is 0 Å². The summed E-state index contributed by atoms with van der Waals surface area (Å²) < 4.78 is 1.82. The largest absolute Gasteiger partial charge is 0.368 e. The Morgan fingerprint density at radius 1 is 1.36 bits per heavy atom. The van der Waals surface area contributed by atoms with Crippen molar-refractivity contribution in [3.05, 3.63) is 23.0 Å². The minimum Gasteiger partial charge on any atom is -0.368 e. The standard InChI is InChI=1S/C15H18N6O/c1-15(2)6-8-7-18-14(16)19-10(8)11-9(15)12-13(22)17-4-3-5-21(12)20-11/h7H,3-6H2,1-2H3,(H,17,22)(H2,16,18,19). The van der Waals surface area contributed by atoms with Crippen LogP contribution in [-0.2, 0) is 18.4 Å². The maximum Gasteiger partial charge on any atom is 0.269 e. The molecule has 22 heavy (non-hydrogen) atoms. The number of anilines is 1. The molecule has 0 aromatic carbocycles. The second-order valence-electron chi connectivity index (χ2n) is 6.57. The summed E-state index contributed by atoms with van der Waals surface area (Å²) in [5, 5.41) is 7.64. The number of rotatable bonds is 0. The number of fused-ring (bicyclic) bond motifs is 5. The van der Waals surface area contributed by atoms with Crippen LogP contribution in [0.15, 0.2) is 6.20 Å². The second kappa shape index (κ2) is 4.28. The Bertz CT molecular complexity index is 792. The first-order valence-corrected chi connectivity index (χ1v) is 7.48. The maximum absolute atomic E-state index is 12.5. The molecule has 2 aromatic rings. The number of carbonyl (C=O) groups excluding carboxylic acids is 1. The van der Waals surface area contributed by atoms with Crippen LogP contribution < -0.4 is 11.1 Å². The zero-order chi connectivity index (χ0) is 15.5. The Balaban J connectivity index is 2.03. The monoisotopic (exact) mass is 298 g/mol. The molecule has 0 radical (unpaired) electrons. The van der Waals surface area contributed by atoms with E-state index in [-0.39, 0.29) is 17.3 Å². The second-order valence-corrected chi connectivity index (χ2v) is 6.57. The molecule has 0 atom stereocenters. The summed E-state index contributed by atoms with van der Waals surface area (Å²) in [6.45, 7) is 5.67. The average Bonchev–Trinajstić information content (AvgIpc) is 2.77. The molecule has 114 valence electrons. The molecule has 0 unspecified atom stereocenters. The van der Waals surface area contributed by atoms with Crippen LogP contribution in [0.25, 0.3) is 11.4 Å². The van der Waals surface area contributed by atoms with E-state index < -0.39 is 0 Å². The predicted molar refractivity (Wildman–Crippen MR) is 81.3 cm³/mol. The van der Waals surface area contributed by atoms with E-state index in [4.69, 9.17) is 5.73 Å². The van der Waals surface area contributed by atoms with Gasteiger partial charge in [-0.05, 0) is 23.8 Å². The number of hydrogen-bond acceptors (Lipinski definition) is 5. The van der Waals surface area contributed by atoms with Crippen molar-refractivity contribution in [1.82, 2.24) is 25.1 Å². The molecule has 3 N–H and O–H groups in total. The molecular weight excluding hydrogens is 280 g/mol. The third kappa shape index (κ3) is 1.74. The third-order valence-electron chi connectivity index (χ3n) is 4.42. The Hall–Kier alpha value is -2.44. The van der Waals surface area contributed by atoms with Crippen LogP contribution in [0.3, 0.4) is 0 Å². The van der Waals surface area contributed by atoms with Crippen molar-refractivity contribution in [2.75, 3.05) is 12.3 Å². The number of nitrogens with two attached hydrogens (primary N) is 1. The lowest BCUT2D eigenvalue weighted by atomic mass is 9.73. The summed E-state index contributed by atoms with van der Waals surface area (Å²) in [5.74, 6) is 0.182. The van der Waals surface area contributed by atoms with Crippen LogP contribution in [-0.4, -0.2) is 32.2 Å². The average molecular weight is 298 g/mol. The number of hydrogen-bond donors (Lipinski definition) is 2. The lowest BCUT2D eigenvalue weighted by Crippen LogP contribution is -2.31. The predicted octanol–water partition coefficient (Wildman–Crippen LogP) is 0.889. The molecule has 1 aliphatic carbocycles. The van der Waals surface area contributed by atoms with Gasteiger partial charge >= 0.3 is 0 Å². The minimum absolute atomic E-state index is 0.0511. The van der Waals surface area contributed by atoms with Crippen molar-refractivity contribution < 1.29 is 4.79 Å². The summed E-state index contributed by atoms with van der Waals surface area (Å²) in [6, 6.07) is 0. The molecule has 4 rings (SSSR count). The van der Waals surface area contributed by atoms with Crippen LogP contribution in [0.5, 0.6) is 0 Å². The third-order valence-corrected chi connectivity index (χ3v) is 4.42. The Kier molecular flexibility index (Phi) is 2.58. The molecule has 0 fully saturated rings. The SMILES string of the molecule is CC1(C)Cc2cnc(N)nc2-c2nn3c(c21)C(=O)NCCC3. The van der Waals surface area contributed by atoms with Crippen molar-refractivity contribution in [3.8, 4) is 11.4 Å². The van der Waals surface area contributed by atoms with Crippen LogP contribution in [0.1, 0.15) is 41.9 Å². The lowest BCUT2D eigenvalue weighted by Gasteiger charge is -2.30. The van der Waals surface area contributed by atoms with Crippen LogP contribution in [0.2, 0.25) is 0 Å². The van der Waals surface area contributed by atoms with Gasteiger partial charge in [0, 0.05) is 24.8 Å². The van der Waals surface area contributed by atoms with Gasteiger partial charge in [0.15, 0.2) is 0 Å². The van der Waals surface area contributed by atoms with Gasteiger partial charge in [0.05, 0.1) is 5.69 Å². The molecule has 0 saturated carbocycles. The maximum atomic E-state index is 12.5. The summed E-state index contributed by atoms with van der Waals surface area (Å²) in [6.07, 6.45) is 3.41. The highest BCUT2D eigenvalue weighted by molar-refractivity contribution is 5.97. The van der Waals surface area contributed by atoms with Crippen LogP contribution in [0, 0.1) is 0 Å². The summed E-state index contributed by atoms with van der Waals surface area (Å²) in [7, 11) is 0. The van der Waals surface area contributed by atoms with Gasteiger partial charge in [-0.3, -0.25) is 9.48 Å². The lowest BCUT2D eigenvalue weighted by molar-refractivity contribution is 0.0948. The van der Waals surface area contributed by atoms with E-state index in [9.17, 15) is 4.79 Å². The fourth-order valence-electron chi connectivity index (χ4n) is 3.50. The van der Waals surface area contributed by atoms with E-state index in [2.05, 4.69) is 34.2 Å². The number of amides is 1. The quantitative estimate of drug-likeness (QED) is 0.752. The number of nitrogens with one attached hydrogen (secondary N) is 1. The minimum atomic E-state index is -0.197. The molecule has 2 aromatic heterocycles. The molecule has 0 spiro atoms. The molecule has 7 nitrogen and oxygen atoms in total. The van der Waals surface area contributed by atoms with Gasteiger partial charge in [0.2, 0.25) is 5.95 Å². The molecule has 2 aliphatic rings. The van der Waals surface area contributed by atoms with Crippen molar-refractivity contribution in [1.29, 1.82) is 0 Å². The molecule has 0 saturated heterocycles. The van der Waals surface area contributed by atoms with Crippen molar-refractivity contribution in [2.45, 2.75) is 38.6 Å². The van der Waals surface area contributed by atoms with Gasteiger partial charge in [-0.25, -0.2) is 9.97 Å². The summed E-state index contributed by atoms with van der Waals surface area (Å²) in [5.41, 5.74) is 9.74. The number of nitrogens with zero attached hydrogens (tertiary/aromatic N) is 4. The highest BCUT2D eigenvalue weighted by Crippen LogP contribution is 2.43. The van der Waals surface area contributed by atoms with Gasteiger partial charge < -0.3 is 11.1 Å². The van der Waals surface area contributed by atoms with Crippen LogP contribution in [0.4, 0.5) is 5.95 Å². The summed E-state index contributed by atoms with van der Waals surface area (Å²) >= 11 is 0. The number of nitrogen functional groups attached to an aromatic ring is 1. The Morgan fingerprint density at radius 2 is 2.18 bits per heavy atom. The molecular formula is C15H18N6O. The van der Waals surface area contributed by atoms with E-state index >= 15 is 0 Å². The van der Waals surface area contributed by atoms with Gasteiger partial charge in [0.1, 0.15) is 11.4 Å². The first kappa shape index (κ1) is 13.2. The smallest absolute Gasteiger partial charge is 0.269 e. The molecule has 7 heteroatoms. The first-order chi connectivity index (χ1) is 10.5. The summed E-state index contributed by atoms with van der Waals surface area (Å²) in [4.78, 5) is 20.9. The molecule has 3 heterocycles. The topological polar surface area (TPSA) is 98.7 Å². The first-order valence-electron chi connectivity index (χ1n) is 7.48. The molecule has 1 aliphatic heterocycles. The van der Waals surface area contributed by atoms with Gasteiger partial charge in [-0.1, -0.05) is 13.8 Å². The number of aryl methyl sites for hydroxylation is 1. The number of carbonyl (C=O) groups is 1. The normalized spacial score (nSPS) is 18.7. The van der Waals surface area contributed by atoms with Crippen LogP contribution >= 0.6 is 0 Å². The molecule has 0 bridgehead atoms. The van der Waals surface area contributed by atoms with Gasteiger partial charge in [0.25, 0.3) is 5.91 Å². The van der Waals surface area contributed by atoms with Gasteiger partial charge in [-0.2, -0.15) is 5.10 Å². The van der Waals surface area contributed by atoms with Crippen molar-refractivity contribution in [2.24, 2.45) is 0 Å². The Morgan fingerprint density at radius 3 is 3.00 bits per heavy atom. The number of aromatic nitrogens is 4. The van der Waals surface area contributed by atoms with E-state index in [1.54, 1.807) is 6.20 Å². The van der Waals surface area contributed by atoms with Crippen molar-refractivity contribution in [3.63, 3.8) is 0 Å². The molecule has 1 amide bonds. The highest BCUT2D eigenvalue weighted by atomic mass is 16.2. The fraction of sp³-hybridized carbons (Fsp3) is 0.467. The fourth-order valence-corrected chi connectivity index (χ4v) is 3.50. The van der Waals surface area contributed by atoms with E-state index in [0.29, 0.717) is 12.2 Å². The van der Waals surface area contributed by atoms with E-state index in [1.165, 1.54) is 0 Å². The van der Waals surface area contributed by atoms with Crippen molar-refractivity contribution >= 4 is 11.9 Å². The van der Waals surface area contributed by atoms with E-state index in [0.717, 1.165) is 41.9 Å². The highest BCUT2D eigenvalue weighted by Gasteiger charge is 2.40. The zero-order valence-electron chi connectivity index (χ0n) is 12.7. The van der Waals surface area contributed by atoms with E-state index in [1.807, 2.05) is 4.68 Å². The zero-order valence-corrected chi connectivity index (χ0v) is 12.7. The Labute approximate surface area is 127 Å².